The molecular formula is C12H10Cl2N4. The van der Waals surface area contributed by atoms with E-state index in [0.29, 0.717) is 21.6 Å². The standard InChI is InChI=1S/C12H10Cl2N4/c13-8-3-9(14)11(16-6-8)12-17-5-7-4-15-2-1-10(7)18-12/h3,5-6,15H,1-2,4H2. The van der Waals surface area contributed by atoms with Crippen molar-refractivity contribution in [3.05, 3.63) is 39.8 Å². The molecule has 92 valence electrons. The third-order valence-corrected chi connectivity index (χ3v) is 3.32. The zero-order valence-corrected chi connectivity index (χ0v) is 11.0. The molecule has 0 fully saturated rings. The predicted molar refractivity (Wildman–Crippen MR) is 70.7 cm³/mol. The van der Waals surface area contributed by atoms with Crippen LogP contribution < -0.4 is 5.32 Å². The van der Waals surface area contributed by atoms with Gasteiger partial charge in [0.2, 0.25) is 0 Å². The Morgan fingerprint density at radius 1 is 1.17 bits per heavy atom. The molecule has 0 amide bonds. The van der Waals surface area contributed by atoms with Crippen LogP contribution in [0.5, 0.6) is 0 Å². The van der Waals surface area contributed by atoms with E-state index in [2.05, 4.69) is 20.3 Å². The van der Waals surface area contributed by atoms with Gasteiger partial charge in [-0.15, -0.1) is 0 Å². The van der Waals surface area contributed by atoms with Gasteiger partial charge in [-0.3, -0.25) is 0 Å². The molecule has 4 nitrogen and oxygen atoms in total. The lowest BCUT2D eigenvalue weighted by Crippen LogP contribution is -2.25. The molecule has 0 radical (unpaired) electrons. The van der Waals surface area contributed by atoms with Gasteiger partial charge in [0.1, 0.15) is 5.69 Å². The molecule has 0 unspecified atom stereocenters. The van der Waals surface area contributed by atoms with Crippen LogP contribution in [0.4, 0.5) is 0 Å². The molecular weight excluding hydrogens is 271 g/mol. The van der Waals surface area contributed by atoms with Crippen LogP contribution in [0.25, 0.3) is 11.5 Å². The van der Waals surface area contributed by atoms with Crippen LogP contribution in [0.15, 0.2) is 18.5 Å². The number of hydrogen-bond acceptors (Lipinski definition) is 4. The number of fused-ring (bicyclic) bond motifs is 1. The monoisotopic (exact) mass is 280 g/mol. The number of nitrogens with zero attached hydrogens (tertiary/aromatic N) is 3. The zero-order valence-electron chi connectivity index (χ0n) is 9.45. The fourth-order valence-electron chi connectivity index (χ4n) is 1.93. The van der Waals surface area contributed by atoms with E-state index in [0.717, 1.165) is 30.8 Å². The third-order valence-electron chi connectivity index (χ3n) is 2.83. The van der Waals surface area contributed by atoms with E-state index in [9.17, 15) is 0 Å². The highest BCUT2D eigenvalue weighted by Gasteiger charge is 2.14. The maximum atomic E-state index is 6.11. The molecule has 1 aliphatic rings. The minimum Gasteiger partial charge on any atom is -0.312 e. The van der Waals surface area contributed by atoms with Crippen molar-refractivity contribution in [3.8, 4) is 11.5 Å². The topological polar surface area (TPSA) is 50.7 Å². The lowest BCUT2D eigenvalue weighted by molar-refractivity contribution is 0.626. The predicted octanol–water partition coefficient (Wildman–Crippen LogP) is 2.49. The molecule has 1 aliphatic heterocycles. The molecule has 2 aromatic heterocycles. The summed E-state index contributed by atoms with van der Waals surface area (Å²) < 4.78 is 0. The number of aromatic nitrogens is 3. The molecule has 6 heteroatoms. The average molecular weight is 281 g/mol. The van der Waals surface area contributed by atoms with Crippen LogP contribution in [0.3, 0.4) is 0 Å². The smallest absolute Gasteiger partial charge is 0.179 e. The largest absolute Gasteiger partial charge is 0.312 e. The second-order valence-electron chi connectivity index (χ2n) is 4.08. The average Bonchev–Trinajstić information content (AvgIpc) is 2.38. The van der Waals surface area contributed by atoms with Crippen molar-refractivity contribution in [3.63, 3.8) is 0 Å². The fourth-order valence-corrected chi connectivity index (χ4v) is 2.39. The van der Waals surface area contributed by atoms with Crippen LogP contribution in [0.2, 0.25) is 10.0 Å². The molecule has 18 heavy (non-hydrogen) atoms. The Morgan fingerprint density at radius 2 is 2.06 bits per heavy atom. The van der Waals surface area contributed by atoms with Gasteiger partial charge in [-0.25, -0.2) is 15.0 Å². The molecule has 0 spiro atoms. The molecule has 0 saturated heterocycles. The lowest BCUT2D eigenvalue weighted by atomic mass is 10.1. The van der Waals surface area contributed by atoms with Crippen molar-refractivity contribution in [1.82, 2.24) is 20.3 Å². The summed E-state index contributed by atoms with van der Waals surface area (Å²) in [6.07, 6.45) is 4.28. The van der Waals surface area contributed by atoms with Gasteiger partial charge in [0, 0.05) is 37.5 Å². The normalized spacial score (nSPS) is 14.3. The number of halogens is 2. The summed E-state index contributed by atoms with van der Waals surface area (Å²) in [6.45, 7) is 1.75. The van der Waals surface area contributed by atoms with Crippen LogP contribution in [-0.4, -0.2) is 21.5 Å². The minimum atomic E-state index is 0.469. The van der Waals surface area contributed by atoms with Gasteiger partial charge in [0.15, 0.2) is 5.82 Å². The van der Waals surface area contributed by atoms with Crippen molar-refractivity contribution in [1.29, 1.82) is 0 Å². The molecule has 3 heterocycles. The number of hydrogen-bond donors (Lipinski definition) is 1. The Labute approximate surface area is 114 Å². The Hall–Kier alpha value is -1.23. The van der Waals surface area contributed by atoms with Crippen molar-refractivity contribution >= 4 is 23.2 Å². The summed E-state index contributed by atoms with van der Waals surface area (Å²) >= 11 is 11.9. The lowest BCUT2D eigenvalue weighted by Gasteiger charge is -2.16. The molecule has 1 N–H and O–H groups in total. The van der Waals surface area contributed by atoms with E-state index in [1.165, 1.54) is 0 Å². The van der Waals surface area contributed by atoms with Crippen molar-refractivity contribution < 1.29 is 0 Å². The van der Waals surface area contributed by atoms with E-state index >= 15 is 0 Å². The van der Waals surface area contributed by atoms with E-state index in [4.69, 9.17) is 23.2 Å². The molecule has 0 bridgehead atoms. The van der Waals surface area contributed by atoms with Gasteiger partial charge in [-0.2, -0.15) is 0 Å². The highest BCUT2D eigenvalue weighted by Crippen LogP contribution is 2.26. The molecule has 0 saturated carbocycles. The van der Waals surface area contributed by atoms with Gasteiger partial charge in [0.05, 0.1) is 15.7 Å². The minimum absolute atomic E-state index is 0.469. The van der Waals surface area contributed by atoms with Gasteiger partial charge in [-0.1, -0.05) is 23.2 Å². The molecule has 0 aromatic carbocycles. The Morgan fingerprint density at radius 3 is 2.89 bits per heavy atom. The summed E-state index contributed by atoms with van der Waals surface area (Å²) in [5, 5.41) is 4.25. The van der Waals surface area contributed by atoms with Gasteiger partial charge in [0.25, 0.3) is 0 Å². The maximum absolute atomic E-state index is 6.11. The highest BCUT2D eigenvalue weighted by atomic mass is 35.5. The van der Waals surface area contributed by atoms with Crippen LogP contribution >= 0.6 is 23.2 Å². The number of nitrogens with one attached hydrogen (secondary N) is 1. The fraction of sp³-hybridized carbons (Fsp3) is 0.250. The SMILES string of the molecule is Clc1cnc(-c2ncc3c(n2)CCNC3)c(Cl)c1. The second kappa shape index (κ2) is 4.80. The number of rotatable bonds is 1. The zero-order chi connectivity index (χ0) is 12.5. The second-order valence-corrected chi connectivity index (χ2v) is 4.92. The van der Waals surface area contributed by atoms with Crippen molar-refractivity contribution in [2.75, 3.05) is 6.54 Å². The van der Waals surface area contributed by atoms with Crippen molar-refractivity contribution in [2.24, 2.45) is 0 Å². The van der Waals surface area contributed by atoms with Crippen LogP contribution in [0.1, 0.15) is 11.3 Å². The van der Waals surface area contributed by atoms with Crippen LogP contribution in [0, 0.1) is 0 Å². The van der Waals surface area contributed by atoms with E-state index in [1.807, 2.05) is 6.20 Å². The summed E-state index contributed by atoms with van der Waals surface area (Å²) in [5.41, 5.74) is 2.77. The summed E-state index contributed by atoms with van der Waals surface area (Å²) in [4.78, 5) is 13.0. The Bertz CT molecular complexity index is 601. The van der Waals surface area contributed by atoms with Crippen LogP contribution in [-0.2, 0) is 13.0 Å². The molecule has 2 aromatic rings. The summed E-state index contributed by atoms with van der Waals surface area (Å²) in [5.74, 6) is 0.553. The summed E-state index contributed by atoms with van der Waals surface area (Å²) in [7, 11) is 0. The van der Waals surface area contributed by atoms with Gasteiger partial charge >= 0.3 is 0 Å². The molecule has 3 rings (SSSR count). The first-order valence-electron chi connectivity index (χ1n) is 5.61. The van der Waals surface area contributed by atoms with Gasteiger partial charge < -0.3 is 5.32 Å². The first-order valence-corrected chi connectivity index (χ1v) is 6.36. The highest BCUT2D eigenvalue weighted by molar-refractivity contribution is 6.35. The summed E-state index contributed by atoms with van der Waals surface area (Å²) in [6, 6.07) is 1.65. The first-order chi connectivity index (χ1) is 8.74. The van der Waals surface area contributed by atoms with E-state index in [-0.39, 0.29) is 0 Å². The quantitative estimate of drug-likeness (QED) is 0.872. The Balaban J connectivity index is 2.06. The third kappa shape index (κ3) is 2.19. The van der Waals surface area contributed by atoms with E-state index < -0.39 is 0 Å². The molecule has 0 atom stereocenters. The van der Waals surface area contributed by atoms with Crippen molar-refractivity contribution in [2.45, 2.75) is 13.0 Å². The van der Waals surface area contributed by atoms with Gasteiger partial charge in [-0.05, 0) is 6.07 Å². The first kappa shape index (κ1) is 11.8. The number of pyridine rings is 1. The Kier molecular flexibility index (Phi) is 3.16. The molecule has 0 aliphatic carbocycles. The maximum Gasteiger partial charge on any atom is 0.179 e. The van der Waals surface area contributed by atoms with E-state index in [1.54, 1.807) is 12.3 Å².